The maximum absolute atomic E-state index is 9.03. The summed E-state index contributed by atoms with van der Waals surface area (Å²) in [4.78, 5) is 2.37. The summed E-state index contributed by atoms with van der Waals surface area (Å²) in [5.74, 6) is 0. The minimum absolute atomic E-state index is 0.443. The van der Waals surface area contributed by atoms with Crippen molar-refractivity contribution >= 4 is 23.0 Å². The van der Waals surface area contributed by atoms with E-state index in [-0.39, 0.29) is 0 Å². The summed E-state index contributed by atoms with van der Waals surface area (Å²) in [7, 11) is 0. The minimum atomic E-state index is 0.443. The number of benzene rings is 1. The summed E-state index contributed by atoms with van der Waals surface area (Å²) in [5.41, 5.74) is 8.21. The zero-order chi connectivity index (χ0) is 15.2. The normalized spacial score (nSPS) is 18.3. The van der Waals surface area contributed by atoms with E-state index in [0.29, 0.717) is 22.3 Å². The van der Waals surface area contributed by atoms with Crippen molar-refractivity contribution in [3.8, 4) is 6.07 Å². The van der Waals surface area contributed by atoms with E-state index in [0.717, 1.165) is 31.5 Å². The lowest BCUT2D eigenvalue weighted by Crippen LogP contribution is -2.40. The smallest absolute Gasteiger partial charge is 0.101 e. The molecule has 0 radical (unpaired) electrons. The van der Waals surface area contributed by atoms with Crippen molar-refractivity contribution in [3.05, 3.63) is 35.4 Å². The number of rotatable bonds is 5. The lowest BCUT2D eigenvalue weighted by molar-refractivity contribution is 0.430. The van der Waals surface area contributed by atoms with E-state index in [4.69, 9.17) is 22.6 Å². The maximum Gasteiger partial charge on any atom is 0.101 e. The van der Waals surface area contributed by atoms with Gasteiger partial charge >= 0.3 is 0 Å². The fraction of sp³-hybridized carbons (Fsp3) is 0.471. The van der Waals surface area contributed by atoms with Crippen LogP contribution in [0.4, 0.5) is 11.4 Å². The van der Waals surface area contributed by atoms with Crippen LogP contribution in [0.2, 0.25) is 5.02 Å². The molecule has 1 aliphatic heterocycles. The molecule has 1 atom stereocenters. The SMILES string of the molecule is C=CCCC[C@@H]1CCCCN1c1cc(Cl)c(C#N)cc1N. The molecule has 1 heterocycles. The molecule has 0 amide bonds. The summed E-state index contributed by atoms with van der Waals surface area (Å²) < 4.78 is 0. The van der Waals surface area contributed by atoms with Crippen LogP contribution in [0.1, 0.15) is 44.1 Å². The first-order chi connectivity index (χ1) is 10.2. The third kappa shape index (κ3) is 3.71. The average Bonchev–Trinajstić information content (AvgIpc) is 2.50. The van der Waals surface area contributed by atoms with Crippen LogP contribution in [0, 0.1) is 11.3 Å². The summed E-state index contributed by atoms with van der Waals surface area (Å²) in [6.07, 6.45) is 8.94. The van der Waals surface area contributed by atoms with Crippen LogP contribution in [-0.4, -0.2) is 12.6 Å². The van der Waals surface area contributed by atoms with Crippen LogP contribution in [0.3, 0.4) is 0 Å². The Hall–Kier alpha value is -1.66. The van der Waals surface area contributed by atoms with Gasteiger partial charge in [0.1, 0.15) is 6.07 Å². The van der Waals surface area contributed by atoms with Crippen molar-refractivity contribution in [3.63, 3.8) is 0 Å². The minimum Gasteiger partial charge on any atom is -0.397 e. The van der Waals surface area contributed by atoms with Gasteiger partial charge in [-0.25, -0.2) is 0 Å². The van der Waals surface area contributed by atoms with Gasteiger partial charge < -0.3 is 10.6 Å². The molecule has 0 saturated carbocycles. The molecule has 3 nitrogen and oxygen atoms in total. The average molecular weight is 304 g/mol. The van der Waals surface area contributed by atoms with Gasteiger partial charge in [-0.15, -0.1) is 6.58 Å². The van der Waals surface area contributed by atoms with Crippen molar-refractivity contribution in [1.82, 2.24) is 0 Å². The molecule has 1 fully saturated rings. The highest BCUT2D eigenvalue weighted by atomic mass is 35.5. The second-order valence-electron chi connectivity index (χ2n) is 5.57. The number of halogens is 1. The molecule has 2 rings (SSSR count). The molecular weight excluding hydrogens is 282 g/mol. The van der Waals surface area contributed by atoms with Crippen molar-refractivity contribution in [2.45, 2.75) is 44.6 Å². The van der Waals surface area contributed by atoms with Crippen LogP contribution >= 0.6 is 11.6 Å². The number of anilines is 2. The predicted molar refractivity (Wildman–Crippen MR) is 89.6 cm³/mol. The molecular formula is C17H22ClN3. The quantitative estimate of drug-likeness (QED) is 0.494. The number of hydrogen-bond acceptors (Lipinski definition) is 3. The Morgan fingerprint density at radius 3 is 3.00 bits per heavy atom. The van der Waals surface area contributed by atoms with Gasteiger partial charge in [-0.3, -0.25) is 0 Å². The fourth-order valence-electron chi connectivity index (χ4n) is 3.03. The fourth-order valence-corrected chi connectivity index (χ4v) is 3.23. The lowest BCUT2D eigenvalue weighted by Gasteiger charge is -2.38. The van der Waals surface area contributed by atoms with Gasteiger partial charge in [0, 0.05) is 12.6 Å². The Balaban J connectivity index is 2.23. The number of nitrogens with zero attached hydrogens (tertiary/aromatic N) is 2. The van der Waals surface area contributed by atoms with Crippen molar-refractivity contribution in [1.29, 1.82) is 5.26 Å². The van der Waals surface area contributed by atoms with E-state index in [2.05, 4.69) is 17.5 Å². The standard InChI is InChI=1S/C17H22ClN3/c1-2-3-4-7-14-8-5-6-9-21(14)17-11-15(18)13(12-19)10-16(17)20/h2,10-11,14H,1,3-9,20H2/t14-/m1/s1. The van der Waals surface area contributed by atoms with Crippen molar-refractivity contribution in [2.24, 2.45) is 0 Å². The number of nitrogens with two attached hydrogens (primary N) is 1. The van der Waals surface area contributed by atoms with Gasteiger partial charge in [0.2, 0.25) is 0 Å². The molecule has 2 N–H and O–H groups in total. The lowest BCUT2D eigenvalue weighted by atomic mass is 9.96. The number of unbranched alkanes of at least 4 members (excludes halogenated alkanes) is 1. The highest BCUT2D eigenvalue weighted by Crippen LogP contribution is 2.35. The number of nitrogen functional groups attached to an aromatic ring is 1. The first kappa shape index (κ1) is 15.7. The molecule has 1 aromatic carbocycles. The Bertz CT molecular complexity index is 548. The first-order valence-electron chi connectivity index (χ1n) is 7.54. The van der Waals surface area contributed by atoms with Crippen molar-refractivity contribution < 1.29 is 0 Å². The predicted octanol–water partition coefficient (Wildman–Crippen LogP) is 4.51. The highest BCUT2D eigenvalue weighted by molar-refractivity contribution is 6.32. The molecule has 112 valence electrons. The summed E-state index contributed by atoms with van der Waals surface area (Å²) in [5, 5.41) is 9.51. The van der Waals surface area contributed by atoms with Gasteiger partial charge in [0.05, 0.1) is 22.0 Å². The Morgan fingerprint density at radius 2 is 2.29 bits per heavy atom. The van der Waals surface area contributed by atoms with Gasteiger partial charge in [-0.05, 0) is 50.7 Å². The molecule has 1 aliphatic rings. The Kier molecular flexibility index (Phi) is 5.52. The van der Waals surface area contributed by atoms with E-state index in [1.54, 1.807) is 6.07 Å². The summed E-state index contributed by atoms with van der Waals surface area (Å²) >= 11 is 6.18. The topological polar surface area (TPSA) is 53.0 Å². The van der Waals surface area contributed by atoms with Crippen LogP contribution in [0.25, 0.3) is 0 Å². The molecule has 0 aliphatic carbocycles. The van der Waals surface area contributed by atoms with E-state index in [1.807, 2.05) is 12.1 Å². The molecule has 0 aromatic heterocycles. The second-order valence-corrected chi connectivity index (χ2v) is 5.97. The Labute approximate surface area is 132 Å². The third-order valence-electron chi connectivity index (χ3n) is 4.12. The van der Waals surface area contributed by atoms with E-state index < -0.39 is 0 Å². The molecule has 0 spiro atoms. The number of allylic oxidation sites excluding steroid dienone is 1. The summed E-state index contributed by atoms with van der Waals surface area (Å²) in [6, 6.07) is 6.12. The summed E-state index contributed by atoms with van der Waals surface area (Å²) in [6.45, 7) is 4.79. The zero-order valence-electron chi connectivity index (χ0n) is 12.3. The molecule has 0 bridgehead atoms. The van der Waals surface area contributed by atoms with E-state index in [9.17, 15) is 0 Å². The van der Waals surface area contributed by atoms with Gasteiger partial charge in [0.15, 0.2) is 0 Å². The van der Waals surface area contributed by atoms with Crippen LogP contribution < -0.4 is 10.6 Å². The van der Waals surface area contributed by atoms with E-state index >= 15 is 0 Å². The van der Waals surface area contributed by atoms with Crippen LogP contribution in [0.15, 0.2) is 24.8 Å². The Morgan fingerprint density at radius 1 is 1.48 bits per heavy atom. The van der Waals surface area contributed by atoms with Gasteiger partial charge in [-0.1, -0.05) is 17.7 Å². The largest absolute Gasteiger partial charge is 0.397 e. The molecule has 21 heavy (non-hydrogen) atoms. The number of hydrogen-bond donors (Lipinski definition) is 1. The van der Waals surface area contributed by atoms with Gasteiger partial charge in [0.25, 0.3) is 0 Å². The zero-order valence-corrected chi connectivity index (χ0v) is 13.1. The monoisotopic (exact) mass is 303 g/mol. The molecule has 1 saturated heterocycles. The molecule has 1 aromatic rings. The van der Waals surface area contributed by atoms with E-state index in [1.165, 1.54) is 19.3 Å². The maximum atomic E-state index is 9.03. The first-order valence-corrected chi connectivity index (χ1v) is 7.91. The van der Waals surface area contributed by atoms with Crippen LogP contribution in [-0.2, 0) is 0 Å². The highest BCUT2D eigenvalue weighted by Gasteiger charge is 2.24. The number of nitriles is 1. The molecule has 0 unspecified atom stereocenters. The van der Waals surface area contributed by atoms with Gasteiger partial charge in [-0.2, -0.15) is 5.26 Å². The van der Waals surface area contributed by atoms with Crippen molar-refractivity contribution in [2.75, 3.05) is 17.2 Å². The van der Waals surface area contributed by atoms with Crippen LogP contribution in [0.5, 0.6) is 0 Å². The third-order valence-corrected chi connectivity index (χ3v) is 4.43. The second kappa shape index (κ2) is 7.38. The molecule has 4 heteroatoms. The number of piperidine rings is 1.